The lowest BCUT2D eigenvalue weighted by atomic mass is 10.1. The van der Waals surface area contributed by atoms with E-state index >= 15 is 0 Å². The minimum absolute atomic E-state index is 0.0163. The normalized spacial score (nSPS) is 11.0. The minimum atomic E-state index is -3.76. The molecular weight excluding hydrogens is 434 g/mol. The number of nitrogens with one attached hydrogen (secondary N) is 1. The first-order valence-electron chi connectivity index (χ1n) is 9.62. The Morgan fingerprint density at radius 1 is 1.06 bits per heavy atom. The van der Waals surface area contributed by atoms with Crippen molar-refractivity contribution in [3.05, 3.63) is 77.5 Å². The summed E-state index contributed by atoms with van der Waals surface area (Å²) in [5.41, 5.74) is 1.02. The highest BCUT2D eigenvalue weighted by atomic mass is 32.2. The molecule has 0 aliphatic heterocycles. The van der Waals surface area contributed by atoms with Gasteiger partial charge in [-0.3, -0.25) is 4.79 Å². The van der Waals surface area contributed by atoms with Crippen molar-refractivity contribution in [3.8, 4) is 5.88 Å². The van der Waals surface area contributed by atoms with Crippen LogP contribution in [0.5, 0.6) is 5.88 Å². The van der Waals surface area contributed by atoms with Gasteiger partial charge in [0.25, 0.3) is 5.91 Å². The molecule has 3 aromatic rings. The fourth-order valence-electron chi connectivity index (χ4n) is 2.87. The van der Waals surface area contributed by atoms with E-state index in [0.29, 0.717) is 12.8 Å². The van der Waals surface area contributed by atoms with E-state index in [0.717, 1.165) is 11.8 Å². The molecule has 9 nitrogen and oxygen atoms in total. The topological polar surface area (TPSA) is 136 Å². The van der Waals surface area contributed by atoms with Crippen LogP contribution in [0, 0.1) is 0 Å². The van der Waals surface area contributed by atoms with Crippen LogP contribution in [-0.2, 0) is 16.3 Å². The first kappa shape index (κ1) is 22.9. The van der Waals surface area contributed by atoms with E-state index in [9.17, 15) is 18.0 Å². The summed E-state index contributed by atoms with van der Waals surface area (Å²) in [6.45, 7) is 0. The van der Waals surface area contributed by atoms with E-state index in [4.69, 9.17) is 9.84 Å². The predicted octanol–water partition coefficient (Wildman–Crippen LogP) is 2.84. The number of aryl methyl sites for hydroxylation is 1. The summed E-state index contributed by atoms with van der Waals surface area (Å²) >= 11 is 0. The zero-order valence-electron chi connectivity index (χ0n) is 17.2. The maximum Gasteiger partial charge on any atom is 0.337 e. The molecule has 0 aliphatic rings. The Labute approximate surface area is 185 Å². The van der Waals surface area contributed by atoms with Crippen molar-refractivity contribution >= 4 is 27.5 Å². The standard InChI is InChI=1S/C22H21N3O6S/c1-31-19-12-17(21(26)24-18-10-9-16(14-23-18)22(27)28)13-20(25-19)32(29,30)11-5-8-15-6-3-2-4-7-15/h2-4,6-7,9-10,12-14H,5,8,11H2,1H3,(H,27,28)(H,23,24,26). The molecule has 1 aromatic carbocycles. The van der Waals surface area contributed by atoms with Gasteiger partial charge in [0.15, 0.2) is 14.9 Å². The number of carbonyl (C=O) groups is 2. The third-order valence-corrected chi connectivity index (χ3v) is 6.21. The van der Waals surface area contributed by atoms with E-state index < -0.39 is 21.7 Å². The van der Waals surface area contributed by atoms with Crippen LogP contribution < -0.4 is 10.1 Å². The largest absolute Gasteiger partial charge is 0.481 e. The van der Waals surface area contributed by atoms with Gasteiger partial charge in [0.2, 0.25) is 5.88 Å². The molecule has 0 spiro atoms. The zero-order valence-corrected chi connectivity index (χ0v) is 18.0. The van der Waals surface area contributed by atoms with Crippen molar-refractivity contribution in [2.24, 2.45) is 0 Å². The van der Waals surface area contributed by atoms with Gasteiger partial charge in [-0.1, -0.05) is 30.3 Å². The van der Waals surface area contributed by atoms with Gasteiger partial charge in [-0.25, -0.2) is 23.2 Å². The number of pyridine rings is 2. The van der Waals surface area contributed by atoms with Gasteiger partial charge >= 0.3 is 5.97 Å². The van der Waals surface area contributed by atoms with Crippen molar-refractivity contribution < 1.29 is 27.9 Å². The van der Waals surface area contributed by atoms with Gasteiger partial charge in [-0.15, -0.1) is 0 Å². The van der Waals surface area contributed by atoms with Crippen molar-refractivity contribution in [3.63, 3.8) is 0 Å². The Hall–Kier alpha value is -3.79. The summed E-state index contributed by atoms with van der Waals surface area (Å²) in [5.74, 6) is -1.82. The summed E-state index contributed by atoms with van der Waals surface area (Å²) in [6, 6.07) is 14.6. The van der Waals surface area contributed by atoms with E-state index in [1.807, 2.05) is 30.3 Å². The van der Waals surface area contributed by atoms with Gasteiger partial charge in [-0.2, -0.15) is 0 Å². The Kier molecular flexibility index (Phi) is 7.16. The number of aromatic carboxylic acids is 1. The molecule has 166 valence electrons. The molecule has 2 heterocycles. The average Bonchev–Trinajstić information content (AvgIpc) is 2.79. The van der Waals surface area contributed by atoms with Gasteiger partial charge < -0.3 is 15.2 Å². The van der Waals surface area contributed by atoms with E-state index in [-0.39, 0.29) is 33.6 Å². The molecule has 10 heteroatoms. The highest BCUT2D eigenvalue weighted by Gasteiger charge is 2.21. The smallest absolute Gasteiger partial charge is 0.337 e. The van der Waals surface area contributed by atoms with Gasteiger partial charge in [0.1, 0.15) is 5.82 Å². The Balaban J connectivity index is 1.76. The number of rotatable bonds is 9. The quantitative estimate of drug-likeness (QED) is 0.503. The third kappa shape index (κ3) is 5.88. The molecule has 0 fully saturated rings. The summed E-state index contributed by atoms with van der Waals surface area (Å²) < 4.78 is 30.7. The van der Waals surface area contributed by atoms with Crippen molar-refractivity contribution in [1.82, 2.24) is 9.97 Å². The van der Waals surface area contributed by atoms with Crippen LogP contribution in [0.1, 0.15) is 32.7 Å². The number of amides is 1. The van der Waals surface area contributed by atoms with Crippen molar-refractivity contribution in [2.45, 2.75) is 17.9 Å². The second kappa shape index (κ2) is 10.0. The molecular formula is C22H21N3O6S. The first-order chi connectivity index (χ1) is 15.3. The Morgan fingerprint density at radius 3 is 2.44 bits per heavy atom. The SMILES string of the molecule is COc1cc(C(=O)Nc2ccc(C(=O)O)cn2)cc(S(=O)(=O)CCCc2ccccc2)n1. The number of benzene rings is 1. The fourth-order valence-corrected chi connectivity index (χ4v) is 4.14. The number of sulfone groups is 1. The number of carboxylic acids is 1. The molecule has 3 rings (SSSR count). The second-order valence-electron chi connectivity index (χ2n) is 6.84. The lowest BCUT2D eigenvalue weighted by molar-refractivity contribution is 0.0696. The molecule has 2 aromatic heterocycles. The number of hydrogen-bond acceptors (Lipinski definition) is 7. The van der Waals surface area contributed by atoms with E-state index in [2.05, 4.69) is 15.3 Å². The molecule has 0 bridgehead atoms. The lowest BCUT2D eigenvalue weighted by Gasteiger charge is -2.10. The number of hydrogen-bond donors (Lipinski definition) is 2. The average molecular weight is 455 g/mol. The molecule has 0 atom stereocenters. The Bertz CT molecular complexity index is 1210. The number of carbonyl (C=O) groups excluding carboxylic acids is 1. The fraction of sp³-hybridized carbons (Fsp3) is 0.182. The van der Waals surface area contributed by atoms with Crippen LogP contribution >= 0.6 is 0 Å². The van der Waals surface area contributed by atoms with Crippen LogP contribution in [0.15, 0.2) is 65.8 Å². The number of aromatic nitrogens is 2. The molecule has 0 aliphatic carbocycles. The summed E-state index contributed by atoms with van der Waals surface area (Å²) in [7, 11) is -2.44. The highest BCUT2D eigenvalue weighted by molar-refractivity contribution is 7.91. The molecule has 0 radical (unpaired) electrons. The Morgan fingerprint density at radius 2 is 1.81 bits per heavy atom. The number of carboxylic acid groups (broad SMARTS) is 1. The van der Waals surface area contributed by atoms with Gasteiger partial charge in [-0.05, 0) is 36.6 Å². The molecule has 0 saturated heterocycles. The third-order valence-electron chi connectivity index (χ3n) is 4.54. The highest BCUT2D eigenvalue weighted by Crippen LogP contribution is 2.20. The van der Waals surface area contributed by atoms with Crippen LogP contribution in [0.3, 0.4) is 0 Å². The zero-order chi connectivity index (χ0) is 23.1. The van der Waals surface area contributed by atoms with Crippen LogP contribution in [0.2, 0.25) is 0 Å². The monoisotopic (exact) mass is 455 g/mol. The molecule has 0 unspecified atom stereocenters. The minimum Gasteiger partial charge on any atom is -0.481 e. The molecule has 32 heavy (non-hydrogen) atoms. The van der Waals surface area contributed by atoms with Crippen LogP contribution in [-0.4, -0.2) is 48.2 Å². The summed E-state index contributed by atoms with van der Waals surface area (Å²) in [5, 5.41) is 11.2. The van der Waals surface area contributed by atoms with Crippen LogP contribution in [0.4, 0.5) is 5.82 Å². The second-order valence-corrected chi connectivity index (χ2v) is 8.89. The predicted molar refractivity (Wildman–Crippen MR) is 117 cm³/mol. The molecule has 0 saturated carbocycles. The van der Waals surface area contributed by atoms with E-state index in [1.54, 1.807) is 0 Å². The van der Waals surface area contributed by atoms with Gasteiger partial charge in [0.05, 0.1) is 18.4 Å². The first-order valence-corrected chi connectivity index (χ1v) is 11.3. The molecule has 2 N–H and O–H groups in total. The number of methoxy groups -OCH3 is 1. The summed E-state index contributed by atoms with van der Waals surface area (Å²) in [6.07, 6.45) is 2.09. The van der Waals surface area contributed by atoms with Crippen molar-refractivity contribution in [2.75, 3.05) is 18.2 Å². The van der Waals surface area contributed by atoms with E-state index in [1.165, 1.54) is 31.4 Å². The van der Waals surface area contributed by atoms with Gasteiger partial charge in [0, 0.05) is 17.8 Å². The van der Waals surface area contributed by atoms with Crippen molar-refractivity contribution in [1.29, 1.82) is 0 Å². The molecule has 1 amide bonds. The maximum atomic E-state index is 12.8. The lowest BCUT2D eigenvalue weighted by Crippen LogP contribution is -2.16. The number of anilines is 1. The maximum absolute atomic E-state index is 12.8. The number of ether oxygens (including phenoxy) is 1. The number of nitrogens with zero attached hydrogens (tertiary/aromatic N) is 2. The van der Waals surface area contributed by atoms with Crippen LogP contribution in [0.25, 0.3) is 0 Å². The summed E-state index contributed by atoms with van der Waals surface area (Å²) in [4.78, 5) is 31.4.